The highest BCUT2D eigenvalue weighted by Gasteiger charge is 2.16. The highest BCUT2D eigenvalue weighted by molar-refractivity contribution is 6.18. The summed E-state index contributed by atoms with van der Waals surface area (Å²) in [7, 11) is 1.68. The van der Waals surface area contributed by atoms with Gasteiger partial charge in [-0.15, -0.1) is 11.6 Å². The third kappa shape index (κ3) is 2.83. The topological polar surface area (TPSA) is 53.2 Å². The molecule has 1 unspecified atom stereocenters. The molecule has 0 aromatic carbocycles. The molecule has 15 heavy (non-hydrogen) atoms. The fourth-order valence-electron chi connectivity index (χ4n) is 1.05. The molecule has 1 aromatic heterocycles. The Labute approximate surface area is 92.9 Å². The van der Waals surface area contributed by atoms with Gasteiger partial charge in [-0.05, 0) is 13.0 Å². The maximum absolute atomic E-state index is 11.8. The summed E-state index contributed by atoms with van der Waals surface area (Å²) in [6.07, 6.45) is 1.40. The van der Waals surface area contributed by atoms with Gasteiger partial charge in [0.25, 0.3) is 5.91 Å². The van der Waals surface area contributed by atoms with Crippen LogP contribution in [0.4, 0.5) is 0 Å². The number of hydrogen-bond donors (Lipinski definition) is 1. The second-order valence-electron chi connectivity index (χ2n) is 3.36. The van der Waals surface area contributed by atoms with E-state index in [0.717, 1.165) is 0 Å². The number of carbonyl (C=O) groups excluding carboxylic acids is 1. The third-order valence-corrected chi connectivity index (χ3v) is 2.68. The lowest BCUT2D eigenvalue weighted by Gasteiger charge is -2.22. The first-order valence-electron chi connectivity index (χ1n) is 4.58. The first-order chi connectivity index (χ1) is 7.06. The van der Waals surface area contributed by atoms with Crippen molar-refractivity contribution in [3.63, 3.8) is 0 Å². The van der Waals surface area contributed by atoms with Crippen molar-refractivity contribution in [1.29, 1.82) is 0 Å². The van der Waals surface area contributed by atoms with Gasteiger partial charge in [-0.2, -0.15) is 0 Å². The van der Waals surface area contributed by atoms with Crippen LogP contribution in [0.25, 0.3) is 0 Å². The largest absolute Gasteiger partial charge is 0.338 e. The maximum Gasteiger partial charge on any atom is 0.255 e. The Kier molecular flexibility index (Phi) is 3.91. The molecular formula is C10H13ClN2O2. The number of rotatable bonds is 3. The van der Waals surface area contributed by atoms with Crippen LogP contribution in [-0.4, -0.2) is 34.8 Å². The normalized spacial score (nSPS) is 12.2. The molecule has 0 fully saturated rings. The van der Waals surface area contributed by atoms with Crippen molar-refractivity contribution in [1.82, 2.24) is 9.88 Å². The molecule has 0 radical (unpaired) electrons. The molecule has 1 N–H and O–H groups in total. The number of halogens is 1. The molecule has 0 saturated carbocycles. The van der Waals surface area contributed by atoms with Gasteiger partial charge in [0.15, 0.2) is 0 Å². The van der Waals surface area contributed by atoms with E-state index < -0.39 is 0 Å². The van der Waals surface area contributed by atoms with Crippen LogP contribution in [0.3, 0.4) is 0 Å². The molecule has 0 aliphatic heterocycles. The van der Waals surface area contributed by atoms with E-state index in [-0.39, 0.29) is 17.5 Å². The Hall–Kier alpha value is -1.29. The molecule has 1 rings (SSSR count). The number of carbonyl (C=O) groups is 1. The highest BCUT2D eigenvalue weighted by atomic mass is 35.5. The SMILES string of the molecule is CC(CCl)N(C)C(=O)c1ccc(=O)[nH]c1. The fraction of sp³-hybridized carbons (Fsp3) is 0.400. The molecule has 1 aromatic rings. The molecule has 82 valence electrons. The van der Waals surface area contributed by atoms with Crippen LogP contribution < -0.4 is 5.56 Å². The minimum atomic E-state index is -0.223. The Morgan fingerprint density at radius 2 is 2.27 bits per heavy atom. The summed E-state index contributed by atoms with van der Waals surface area (Å²) in [6, 6.07) is 2.79. The first kappa shape index (κ1) is 11.8. The average Bonchev–Trinajstić information content (AvgIpc) is 2.27. The van der Waals surface area contributed by atoms with Crippen molar-refractivity contribution >= 4 is 17.5 Å². The van der Waals surface area contributed by atoms with E-state index in [9.17, 15) is 9.59 Å². The van der Waals surface area contributed by atoms with Gasteiger partial charge in [0, 0.05) is 31.2 Å². The predicted molar refractivity (Wildman–Crippen MR) is 59.3 cm³/mol. The zero-order chi connectivity index (χ0) is 11.4. The van der Waals surface area contributed by atoms with E-state index in [2.05, 4.69) is 4.98 Å². The molecule has 0 spiro atoms. The van der Waals surface area contributed by atoms with E-state index in [1.165, 1.54) is 18.3 Å². The second kappa shape index (κ2) is 4.98. The summed E-state index contributed by atoms with van der Waals surface area (Å²) in [5.74, 6) is 0.227. The van der Waals surface area contributed by atoms with Crippen molar-refractivity contribution in [3.05, 3.63) is 34.2 Å². The lowest BCUT2D eigenvalue weighted by atomic mass is 10.2. The number of amides is 1. The summed E-state index contributed by atoms with van der Waals surface area (Å²) >= 11 is 5.65. The molecule has 4 nitrogen and oxygen atoms in total. The van der Waals surface area contributed by atoms with E-state index in [0.29, 0.717) is 11.4 Å². The number of pyridine rings is 1. The van der Waals surface area contributed by atoms with Gasteiger partial charge in [-0.25, -0.2) is 0 Å². The third-order valence-electron chi connectivity index (χ3n) is 2.24. The quantitative estimate of drug-likeness (QED) is 0.787. The average molecular weight is 229 g/mol. The number of aromatic nitrogens is 1. The molecule has 0 aliphatic carbocycles. The van der Waals surface area contributed by atoms with Crippen molar-refractivity contribution in [2.24, 2.45) is 0 Å². The molecule has 1 atom stereocenters. The van der Waals surface area contributed by atoms with Crippen LogP contribution >= 0.6 is 11.6 Å². The van der Waals surface area contributed by atoms with Crippen LogP contribution in [0.5, 0.6) is 0 Å². The first-order valence-corrected chi connectivity index (χ1v) is 5.11. The Morgan fingerprint density at radius 3 is 2.73 bits per heavy atom. The van der Waals surface area contributed by atoms with Crippen molar-refractivity contribution in [3.8, 4) is 0 Å². The summed E-state index contributed by atoms with van der Waals surface area (Å²) in [6.45, 7) is 1.86. The lowest BCUT2D eigenvalue weighted by Crippen LogP contribution is -2.36. The summed E-state index contributed by atoms with van der Waals surface area (Å²) in [5, 5.41) is 0. The Balaban J connectivity index is 2.85. The second-order valence-corrected chi connectivity index (χ2v) is 3.67. The van der Waals surface area contributed by atoms with Crippen LogP contribution in [0.15, 0.2) is 23.1 Å². The summed E-state index contributed by atoms with van der Waals surface area (Å²) < 4.78 is 0. The van der Waals surface area contributed by atoms with Gasteiger partial charge in [0.05, 0.1) is 5.56 Å². The number of aromatic amines is 1. The maximum atomic E-state index is 11.8. The number of H-pyrrole nitrogens is 1. The Bertz CT molecular complexity index is 382. The van der Waals surface area contributed by atoms with Crippen LogP contribution in [0.1, 0.15) is 17.3 Å². The number of nitrogens with one attached hydrogen (secondary N) is 1. The van der Waals surface area contributed by atoms with Gasteiger partial charge in [0.1, 0.15) is 0 Å². The molecule has 1 amide bonds. The van der Waals surface area contributed by atoms with Crippen LogP contribution in [0, 0.1) is 0 Å². The van der Waals surface area contributed by atoms with E-state index >= 15 is 0 Å². The van der Waals surface area contributed by atoms with Crippen molar-refractivity contribution in [2.75, 3.05) is 12.9 Å². The minimum Gasteiger partial charge on any atom is -0.338 e. The number of alkyl halides is 1. The Morgan fingerprint density at radius 1 is 1.60 bits per heavy atom. The van der Waals surface area contributed by atoms with Gasteiger partial charge in [0.2, 0.25) is 5.56 Å². The fourth-order valence-corrected chi connectivity index (χ4v) is 1.26. The van der Waals surface area contributed by atoms with E-state index in [1.54, 1.807) is 11.9 Å². The zero-order valence-corrected chi connectivity index (χ0v) is 9.41. The minimum absolute atomic E-state index is 0.0360. The summed E-state index contributed by atoms with van der Waals surface area (Å²) in [5.41, 5.74) is 0.230. The van der Waals surface area contributed by atoms with Gasteiger partial charge in [-0.3, -0.25) is 9.59 Å². The lowest BCUT2D eigenvalue weighted by molar-refractivity contribution is 0.0756. The highest BCUT2D eigenvalue weighted by Crippen LogP contribution is 2.05. The van der Waals surface area contributed by atoms with Crippen molar-refractivity contribution < 1.29 is 4.79 Å². The van der Waals surface area contributed by atoms with Gasteiger partial charge in [-0.1, -0.05) is 0 Å². The molecule has 0 saturated heterocycles. The molecule has 1 heterocycles. The van der Waals surface area contributed by atoms with Gasteiger partial charge >= 0.3 is 0 Å². The molecule has 5 heteroatoms. The molecule has 0 aliphatic rings. The summed E-state index contributed by atoms with van der Waals surface area (Å²) in [4.78, 5) is 26.6. The molecule has 0 bridgehead atoms. The predicted octanol–water partition coefficient (Wildman–Crippen LogP) is 1.07. The van der Waals surface area contributed by atoms with Crippen LogP contribution in [-0.2, 0) is 0 Å². The standard InChI is InChI=1S/C10H13ClN2O2/c1-7(5-11)13(2)10(15)8-3-4-9(14)12-6-8/h3-4,6-7H,5H2,1-2H3,(H,12,14). The van der Waals surface area contributed by atoms with Crippen LogP contribution in [0.2, 0.25) is 0 Å². The smallest absolute Gasteiger partial charge is 0.255 e. The molecular weight excluding hydrogens is 216 g/mol. The number of nitrogens with zero attached hydrogens (tertiary/aromatic N) is 1. The van der Waals surface area contributed by atoms with E-state index in [4.69, 9.17) is 11.6 Å². The zero-order valence-electron chi connectivity index (χ0n) is 8.66. The van der Waals surface area contributed by atoms with Gasteiger partial charge < -0.3 is 9.88 Å². The van der Waals surface area contributed by atoms with Crippen molar-refractivity contribution in [2.45, 2.75) is 13.0 Å². The van der Waals surface area contributed by atoms with E-state index in [1.807, 2.05) is 6.92 Å². The number of hydrogen-bond acceptors (Lipinski definition) is 2. The monoisotopic (exact) mass is 228 g/mol.